The third kappa shape index (κ3) is 3.02. The van der Waals surface area contributed by atoms with Gasteiger partial charge >= 0.3 is 0 Å². The second kappa shape index (κ2) is 5.61. The van der Waals surface area contributed by atoms with E-state index in [1.54, 1.807) is 0 Å². The maximum Gasteiger partial charge on any atom is 0.173 e. The Morgan fingerprint density at radius 2 is 2.00 bits per heavy atom. The predicted octanol–water partition coefficient (Wildman–Crippen LogP) is 3.67. The molecule has 0 saturated carbocycles. The molecule has 0 heterocycles. The lowest BCUT2D eigenvalue weighted by molar-refractivity contribution is 0.475. The summed E-state index contributed by atoms with van der Waals surface area (Å²) < 4.78 is 26.7. The largest absolute Gasteiger partial charge is 0.320 e. The van der Waals surface area contributed by atoms with Crippen LogP contribution in [0.4, 0.5) is 8.78 Å². The summed E-state index contributed by atoms with van der Waals surface area (Å²) >= 11 is 5.55. The summed E-state index contributed by atoms with van der Waals surface area (Å²) in [5.41, 5.74) is 0.562. The van der Waals surface area contributed by atoms with Crippen LogP contribution in [0, 0.1) is 5.92 Å². The Kier molecular flexibility index (Phi) is 4.74. The summed E-state index contributed by atoms with van der Waals surface area (Å²) in [4.78, 5) is 0. The molecule has 1 atom stereocenters. The number of nitrogens with one attached hydrogen (secondary N) is 1. The molecule has 4 heteroatoms. The minimum atomic E-state index is -0.866. The van der Waals surface area contributed by atoms with Crippen molar-refractivity contribution in [1.82, 2.24) is 5.32 Å². The van der Waals surface area contributed by atoms with Crippen LogP contribution < -0.4 is 5.32 Å². The maximum absolute atomic E-state index is 13.5. The van der Waals surface area contributed by atoms with E-state index in [1.807, 2.05) is 14.0 Å². The monoisotopic (exact) mass is 235 g/mol. The van der Waals surface area contributed by atoms with Crippen molar-refractivity contribution in [2.24, 2.45) is 5.92 Å². The van der Waals surface area contributed by atoms with Gasteiger partial charge < -0.3 is 5.32 Å². The van der Waals surface area contributed by atoms with E-state index in [4.69, 9.17) is 11.6 Å². The SMILES string of the molecule is CNCCC(C)C1=C(F)C(F)=C(Cl)CC1. The van der Waals surface area contributed by atoms with Gasteiger partial charge in [0, 0.05) is 0 Å². The molecule has 1 aliphatic rings. The van der Waals surface area contributed by atoms with Gasteiger partial charge in [0.1, 0.15) is 0 Å². The van der Waals surface area contributed by atoms with E-state index < -0.39 is 11.7 Å². The highest BCUT2D eigenvalue weighted by molar-refractivity contribution is 6.30. The smallest absolute Gasteiger partial charge is 0.173 e. The summed E-state index contributed by atoms with van der Waals surface area (Å²) in [5, 5.41) is 3.01. The second-order valence-electron chi connectivity index (χ2n) is 3.85. The molecule has 0 aliphatic heterocycles. The van der Waals surface area contributed by atoms with Gasteiger partial charge in [-0.05, 0) is 44.3 Å². The molecule has 0 aromatic carbocycles. The minimum Gasteiger partial charge on any atom is -0.320 e. The van der Waals surface area contributed by atoms with Crippen LogP contribution in [-0.4, -0.2) is 13.6 Å². The summed E-state index contributed by atoms with van der Waals surface area (Å²) in [6.45, 7) is 2.72. The van der Waals surface area contributed by atoms with Crippen molar-refractivity contribution in [3.63, 3.8) is 0 Å². The maximum atomic E-state index is 13.5. The van der Waals surface area contributed by atoms with Gasteiger partial charge in [-0.15, -0.1) is 0 Å². The van der Waals surface area contributed by atoms with Crippen LogP contribution >= 0.6 is 11.6 Å². The lowest BCUT2D eigenvalue weighted by Gasteiger charge is -2.20. The molecule has 86 valence electrons. The Morgan fingerprint density at radius 3 is 2.60 bits per heavy atom. The van der Waals surface area contributed by atoms with E-state index in [0.717, 1.165) is 13.0 Å². The first-order valence-corrected chi connectivity index (χ1v) is 5.53. The van der Waals surface area contributed by atoms with Crippen molar-refractivity contribution in [3.05, 3.63) is 22.3 Å². The highest BCUT2D eigenvalue weighted by Gasteiger charge is 2.24. The minimum absolute atomic E-state index is 0.0112. The lowest BCUT2D eigenvalue weighted by atomic mass is 9.90. The quantitative estimate of drug-likeness (QED) is 0.784. The zero-order valence-electron chi connectivity index (χ0n) is 9.04. The Labute approximate surface area is 94.2 Å². The van der Waals surface area contributed by atoms with E-state index in [0.29, 0.717) is 18.4 Å². The Hall–Kier alpha value is -0.410. The fourth-order valence-electron chi connectivity index (χ4n) is 1.72. The summed E-state index contributed by atoms with van der Waals surface area (Å²) in [6.07, 6.45) is 1.76. The molecule has 0 amide bonds. The van der Waals surface area contributed by atoms with Crippen molar-refractivity contribution in [2.75, 3.05) is 13.6 Å². The van der Waals surface area contributed by atoms with Gasteiger partial charge in [-0.3, -0.25) is 0 Å². The van der Waals surface area contributed by atoms with Crippen molar-refractivity contribution < 1.29 is 8.78 Å². The van der Waals surface area contributed by atoms with Crippen LogP contribution in [-0.2, 0) is 0 Å². The molecular formula is C11H16ClF2N. The first kappa shape index (κ1) is 12.7. The number of hydrogen-bond acceptors (Lipinski definition) is 1. The van der Waals surface area contributed by atoms with Crippen molar-refractivity contribution in [2.45, 2.75) is 26.2 Å². The second-order valence-corrected chi connectivity index (χ2v) is 4.31. The average Bonchev–Trinajstić information content (AvgIpc) is 2.23. The normalized spacial score (nSPS) is 19.8. The van der Waals surface area contributed by atoms with Crippen LogP contribution in [0.5, 0.6) is 0 Å². The number of halogens is 3. The Morgan fingerprint density at radius 1 is 1.33 bits per heavy atom. The average molecular weight is 236 g/mol. The van der Waals surface area contributed by atoms with Crippen LogP contribution in [0.1, 0.15) is 26.2 Å². The zero-order chi connectivity index (χ0) is 11.4. The molecule has 0 aromatic rings. The molecule has 1 rings (SSSR count). The molecule has 1 nitrogen and oxygen atoms in total. The fraction of sp³-hybridized carbons (Fsp3) is 0.636. The first-order valence-electron chi connectivity index (χ1n) is 5.15. The van der Waals surface area contributed by atoms with Gasteiger partial charge in [0.2, 0.25) is 0 Å². The van der Waals surface area contributed by atoms with Crippen molar-refractivity contribution >= 4 is 11.6 Å². The van der Waals surface area contributed by atoms with Crippen LogP contribution in [0.2, 0.25) is 0 Å². The van der Waals surface area contributed by atoms with E-state index >= 15 is 0 Å². The summed E-state index contributed by atoms with van der Waals surface area (Å²) in [6, 6.07) is 0. The van der Waals surface area contributed by atoms with Gasteiger partial charge in [0.25, 0.3) is 0 Å². The standard InChI is InChI=1S/C11H16ClF2N/c1-7(5-6-15-2)8-3-4-9(12)11(14)10(8)13/h7,15H,3-6H2,1-2H3. The molecule has 15 heavy (non-hydrogen) atoms. The Bertz CT molecular complexity index is 297. The molecule has 1 aliphatic carbocycles. The fourth-order valence-corrected chi connectivity index (χ4v) is 1.90. The van der Waals surface area contributed by atoms with Crippen molar-refractivity contribution in [3.8, 4) is 0 Å². The molecule has 0 radical (unpaired) electrons. The van der Waals surface area contributed by atoms with E-state index in [9.17, 15) is 8.78 Å². The summed E-state index contributed by atoms with van der Waals surface area (Å²) in [7, 11) is 1.84. The molecular weight excluding hydrogens is 220 g/mol. The molecule has 1 N–H and O–H groups in total. The van der Waals surface area contributed by atoms with Crippen LogP contribution in [0.3, 0.4) is 0 Å². The lowest BCUT2D eigenvalue weighted by Crippen LogP contribution is -2.14. The van der Waals surface area contributed by atoms with Crippen LogP contribution in [0.15, 0.2) is 22.3 Å². The molecule has 1 unspecified atom stereocenters. The number of allylic oxidation sites excluding steroid dienone is 4. The van der Waals surface area contributed by atoms with Gasteiger partial charge in [-0.1, -0.05) is 18.5 Å². The highest BCUT2D eigenvalue weighted by Crippen LogP contribution is 2.37. The number of rotatable bonds is 4. The third-order valence-corrected chi connectivity index (χ3v) is 3.10. The van der Waals surface area contributed by atoms with E-state index in [-0.39, 0.29) is 11.0 Å². The van der Waals surface area contributed by atoms with E-state index in [2.05, 4.69) is 5.32 Å². The zero-order valence-corrected chi connectivity index (χ0v) is 9.80. The van der Waals surface area contributed by atoms with Gasteiger partial charge in [-0.25, -0.2) is 8.78 Å². The van der Waals surface area contributed by atoms with Gasteiger partial charge in [-0.2, -0.15) is 0 Å². The topological polar surface area (TPSA) is 12.0 Å². The highest BCUT2D eigenvalue weighted by atomic mass is 35.5. The van der Waals surface area contributed by atoms with Gasteiger partial charge in [0.15, 0.2) is 11.7 Å². The molecule has 0 bridgehead atoms. The third-order valence-electron chi connectivity index (χ3n) is 2.75. The Balaban J connectivity index is 2.77. The molecule has 0 spiro atoms. The number of hydrogen-bond donors (Lipinski definition) is 1. The van der Waals surface area contributed by atoms with E-state index in [1.165, 1.54) is 0 Å². The first-order chi connectivity index (χ1) is 7.07. The van der Waals surface area contributed by atoms with Crippen molar-refractivity contribution in [1.29, 1.82) is 0 Å². The summed E-state index contributed by atoms with van der Waals surface area (Å²) in [5.74, 6) is -1.54. The molecule has 0 saturated heterocycles. The van der Waals surface area contributed by atoms with Crippen LogP contribution in [0.25, 0.3) is 0 Å². The molecule has 0 fully saturated rings. The van der Waals surface area contributed by atoms with Gasteiger partial charge in [0.05, 0.1) is 5.03 Å². The molecule has 0 aromatic heterocycles. The predicted molar refractivity (Wildman–Crippen MR) is 59.1 cm³/mol.